The van der Waals surface area contributed by atoms with E-state index in [0.717, 1.165) is 24.3 Å². The van der Waals surface area contributed by atoms with E-state index in [1.54, 1.807) is 6.92 Å². The van der Waals surface area contributed by atoms with Gasteiger partial charge in [-0.15, -0.1) is 0 Å². The number of hydrogen-bond acceptors (Lipinski definition) is 6. The third-order valence-corrected chi connectivity index (χ3v) is 4.16. The Kier molecular flexibility index (Phi) is 4.80. The predicted molar refractivity (Wildman–Crippen MR) is 90.0 cm³/mol. The first kappa shape index (κ1) is 16.4. The molecule has 1 amide bonds. The fraction of sp³-hybridized carbons (Fsp3) is 0.471. The summed E-state index contributed by atoms with van der Waals surface area (Å²) in [7, 11) is 2.05. The number of amides is 1. The summed E-state index contributed by atoms with van der Waals surface area (Å²) in [6, 6.07) is 8.07. The summed E-state index contributed by atoms with van der Waals surface area (Å²) >= 11 is 0. The Balaban J connectivity index is 1.71. The Morgan fingerprint density at radius 3 is 2.83 bits per heavy atom. The summed E-state index contributed by atoms with van der Waals surface area (Å²) in [6.45, 7) is 4.82. The van der Waals surface area contributed by atoms with Gasteiger partial charge in [-0.1, -0.05) is 17.3 Å². The lowest BCUT2D eigenvalue weighted by Gasteiger charge is -2.28. The van der Waals surface area contributed by atoms with Crippen LogP contribution >= 0.6 is 0 Å². The maximum absolute atomic E-state index is 12.7. The molecule has 1 aromatic heterocycles. The molecule has 24 heavy (non-hydrogen) atoms. The summed E-state index contributed by atoms with van der Waals surface area (Å²) in [6.07, 6.45) is 0.903. The van der Waals surface area contributed by atoms with Gasteiger partial charge < -0.3 is 19.1 Å². The number of ether oxygens (including phenoxy) is 1. The van der Waals surface area contributed by atoms with Crippen molar-refractivity contribution < 1.29 is 14.1 Å². The molecule has 0 bridgehead atoms. The molecule has 0 saturated carbocycles. The van der Waals surface area contributed by atoms with E-state index in [4.69, 9.17) is 9.26 Å². The zero-order chi connectivity index (χ0) is 17.1. The number of benzene rings is 1. The second-order valence-electron chi connectivity index (χ2n) is 6.04. The molecular formula is C17H22N4O3. The van der Waals surface area contributed by atoms with Crippen molar-refractivity contribution in [3.8, 4) is 0 Å². The SMILES string of the molecule is Cc1noc(COCC(=O)N2c3ccccc3N(C)CCC2C)n1. The lowest BCUT2D eigenvalue weighted by Crippen LogP contribution is -2.40. The third-order valence-electron chi connectivity index (χ3n) is 4.16. The van der Waals surface area contributed by atoms with Crippen LogP contribution < -0.4 is 9.80 Å². The molecule has 0 saturated heterocycles. The Bertz CT molecular complexity index is 715. The van der Waals surface area contributed by atoms with Crippen molar-refractivity contribution in [1.29, 1.82) is 0 Å². The molecule has 7 heteroatoms. The lowest BCUT2D eigenvalue weighted by molar-refractivity contribution is -0.124. The number of carbonyl (C=O) groups is 1. The van der Waals surface area contributed by atoms with E-state index in [1.165, 1.54) is 0 Å². The van der Waals surface area contributed by atoms with E-state index in [0.29, 0.717) is 11.7 Å². The highest BCUT2D eigenvalue weighted by Gasteiger charge is 2.28. The van der Waals surface area contributed by atoms with Crippen LogP contribution in [0.5, 0.6) is 0 Å². The Labute approximate surface area is 141 Å². The van der Waals surface area contributed by atoms with Crippen LogP contribution in [0.1, 0.15) is 25.1 Å². The van der Waals surface area contributed by atoms with Gasteiger partial charge in [0, 0.05) is 19.6 Å². The molecule has 1 aliphatic rings. The van der Waals surface area contributed by atoms with Gasteiger partial charge in [0.1, 0.15) is 13.2 Å². The van der Waals surface area contributed by atoms with Gasteiger partial charge >= 0.3 is 0 Å². The molecule has 2 aromatic rings. The zero-order valence-corrected chi connectivity index (χ0v) is 14.2. The first-order chi connectivity index (χ1) is 11.6. The minimum absolute atomic E-state index is 0.0240. The number of anilines is 2. The fourth-order valence-corrected chi connectivity index (χ4v) is 2.93. The third kappa shape index (κ3) is 3.41. The topological polar surface area (TPSA) is 71.7 Å². The van der Waals surface area contributed by atoms with Crippen LogP contribution in [0.2, 0.25) is 0 Å². The van der Waals surface area contributed by atoms with Crippen LogP contribution in [-0.4, -0.2) is 42.3 Å². The monoisotopic (exact) mass is 330 g/mol. The maximum atomic E-state index is 12.7. The van der Waals surface area contributed by atoms with E-state index < -0.39 is 0 Å². The summed E-state index contributed by atoms with van der Waals surface area (Å²) in [5.41, 5.74) is 1.98. The van der Waals surface area contributed by atoms with Crippen molar-refractivity contribution in [2.75, 3.05) is 30.0 Å². The van der Waals surface area contributed by atoms with Gasteiger partial charge in [0.2, 0.25) is 0 Å². The number of para-hydroxylation sites is 2. The van der Waals surface area contributed by atoms with Crippen molar-refractivity contribution in [3.05, 3.63) is 36.0 Å². The summed E-state index contributed by atoms with van der Waals surface area (Å²) in [4.78, 5) is 20.8. The van der Waals surface area contributed by atoms with E-state index in [9.17, 15) is 4.79 Å². The van der Waals surface area contributed by atoms with Crippen molar-refractivity contribution in [3.63, 3.8) is 0 Å². The zero-order valence-electron chi connectivity index (χ0n) is 14.2. The maximum Gasteiger partial charge on any atom is 0.253 e. The van der Waals surface area contributed by atoms with E-state index in [-0.39, 0.29) is 25.2 Å². The summed E-state index contributed by atoms with van der Waals surface area (Å²) in [5, 5.41) is 3.70. The molecule has 1 aliphatic heterocycles. The second kappa shape index (κ2) is 7.00. The largest absolute Gasteiger partial charge is 0.373 e. The molecule has 0 spiro atoms. The number of fused-ring (bicyclic) bond motifs is 1. The molecule has 1 unspecified atom stereocenters. The van der Waals surface area contributed by atoms with Gasteiger partial charge in [-0.05, 0) is 32.4 Å². The molecule has 128 valence electrons. The molecule has 0 N–H and O–H groups in total. The van der Waals surface area contributed by atoms with Gasteiger partial charge in [-0.3, -0.25) is 4.79 Å². The molecule has 2 heterocycles. The van der Waals surface area contributed by atoms with Crippen LogP contribution in [0.3, 0.4) is 0 Å². The van der Waals surface area contributed by atoms with E-state index in [1.807, 2.05) is 36.2 Å². The molecule has 7 nitrogen and oxygen atoms in total. The average molecular weight is 330 g/mol. The Morgan fingerprint density at radius 2 is 2.12 bits per heavy atom. The Hall–Kier alpha value is -2.41. The van der Waals surface area contributed by atoms with Crippen molar-refractivity contribution in [2.45, 2.75) is 32.9 Å². The standard InChI is InChI=1S/C17H22N4O3/c1-12-8-9-20(3)14-6-4-5-7-15(14)21(12)17(22)11-23-10-16-18-13(2)19-24-16/h4-7,12H,8-11H2,1-3H3. The Morgan fingerprint density at radius 1 is 1.38 bits per heavy atom. The van der Waals surface area contributed by atoms with Crippen LogP contribution in [0, 0.1) is 6.92 Å². The van der Waals surface area contributed by atoms with Crippen LogP contribution in [0.15, 0.2) is 28.8 Å². The van der Waals surface area contributed by atoms with Crippen LogP contribution in [0.4, 0.5) is 11.4 Å². The molecule has 0 radical (unpaired) electrons. The number of carbonyl (C=O) groups excluding carboxylic acids is 1. The van der Waals surface area contributed by atoms with Crippen molar-refractivity contribution in [1.82, 2.24) is 10.1 Å². The second-order valence-corrected chi connectivity index (χ2v) is 6.04. The molecule has 0 fully saturated rings. The average Bonchev–Trinajstić information content (AvgIpc) is 2.93. The van der Waals surface area contributed by atoms with Gasteiger partial charge in [-0.2, -0.15) is 4.98 Å². The highest BCUT2D eigenvalue weighted by Crippen LogP contribution is 2.33. The molecule has 1 atom stereocenters. The van der Waals surface area contributed by atoms with Gasteiger partial charge in [0.15, 0.2) is 5.82 Å². The van der Waals surface area contributed by atoms with E-state index in [2.05, 4.69) is 22.0 Å². The van der Waals surface area contributed by atoms with Crippen LogP contribution in [-0.2, 0) is 16.1 Å². The number of rotatable bonds is 4. The van der Waals surface area contributed by atoms with E-state index >= 15 is 0 Å². The minimum Gasteiger partial charge on any atom is -0.373 e. The highest BCUT2D eigenvalue weighted by atomic mass is 16.5. The van der Waals surface area contributed by atoms with Gasteiger partial charge in [0.25, 0.3) is 11.8 Å². The summed E-state index contributed by atoms with van der Waals surface area (Å²) < 4.78 is 10.5. The quantitative estimate of drug-likeness (QED) is 0.855. The lowest BCUT2D eigenvalue weighted by atomic mass is 10.2. The number of aryl methyl sites for hydroxylation is 1. The van der Waals surface area contributed by atoms with Gasteiger partial charge in [-0.25, -0.2) is 0 Å². The molecule has 1 aromatic carbocycles. The first-order valence-electron chi connectivity index (χ1n) is 8.05. The number of hydrogen-bond donors (Lipinski definition) is 0. The smallest absolute Gasteiger partial charge is 0.253 e. The fourth-order valence-electron chi connectivity index (χ4n) is 2.93. The molecule has 3 rings (SSSR count). The predicted octanol–water partition coefficient (Wildman–Crippen LogP) is 2.16. The minimum atomic E-state index is -0.0681. The van der Waals surface area contributed by atoms with Crippen molar-refractivity contribution in [2.24, 2.45) is 0 Å². The molecule has 0 aliphatic carbocycles. The van der Waals surface area contributed by atoms with Gasteiger partial charge in [0.05, 0.1) is 11.4 Å². The summed E-state index contributed by atoms with van der Waals surface area (Å²) in [5.74, 6) is 0.865. The van der Waals surface area contributed by atoms with Crippen molar-refractivity contribution >= 4 is 17.3 Å². The first-order valence-corrected chi connectivity index (χ1v) is 8.05. The highest BCUT2D eigenvalue weighted by molar-refractivity contribution is 5.98. The van der Waals surface area contributed by atoms with Crippen LogP contribution in [0.25, 0.3) is 0 Å². The normalized spacial score (nSPS) is 17.5. The number of nitrogens with zero attached hydrogens (tertiary/aromatic N) is 4. The molecular weight excluding hydrogens is 308 g/mol. The number of aromatic nitrogens is 2.